The Labute approximate surface area is 153 Å². The molecule has 0 bridgehead atoms. The fourth-order valence-electron chi connectivity index (χ4n) is 3.41. The van der Waals surface area contributed by atoms with Crippen LogP contribution in [0.3, 0.4) is 0 Å². The standard InChI is InChI=1S/C16H22ClN3O4S/c1-2-24-15-14(17)9-12(10-18-15)16(21)19-6-3-5-13(11-19)20-7-4-8-25(20,22)23/h9-10,13H,2-8,11H2,1H3/t13-/m1/s1. The maximum Gasteiger partial charge on any atom is 0.255 e. The van der Waals surface area contributed by atoms with Crippen LogP contribution in [0.25, 0.3) is 0 Å². The molecule has 2 fully saturated rings. The van der Waals surface area contributed by atoms with Gasteiger partial charge in [-0.05, 0) is 32.3 Å². The number of rotatable bonds is 4. The number of pyridine rings is 1. The van der Waals surface area contributed by atoms with Crippen LogP contribution in [0.2, 0.25) is 5.02 Å². The molecule has 7 nitrogen and oxygen atoms in total. The molecule has 0 N–H and O–H groups in total. The maximum atomic E-state index is 12.8. The van der Waals surface area contributed by atoms with Gasteiger partial charge in [0.2, 0.25) is 15.9 Å². The molecular weight excluding hydrogens is 366 g/mol. The van der Waals surface area contributed by atoms with Crippen molar-refractivity contribution < 1.29 is 17.9 Å². The summed E-state index contributed by atoms with van der Waals surface area (Å²) < 4.78 is 31.1. The lowest BCUT2D eigenvalue weighted by Crippen LogP contribution is -2.50. The fraction of sp³-hybridized carbons (Fsp3) is 0.625. The lowest BCUT2D eigenvalue weighted by Gasteiger charge is -2.36. The Bertz CT molecular complexity index is 756. The second kappa shape index (κ2) is 7.47. The van der Waals surface area contributed by atoms with Crippen molar-refractivity contribution in [2.24, 2.45) is 0 Å². The number of halogens is 1. The summed E-state index contributed by atoms with van der Waals surface area (Å²) in [6.45, 7) is 3.83. The zero-order valence-corrected chi connectivity index (χ0v) is 15.7. The maximum absolute atomic E-state index is 12.8. The molecule has 2 saturated heterocycles. The summed E-state index contributed by atoms with van der Waals surface area (Å²) in [5.74, 6) is 0.328. The van der Waals surface area contributed by atoms with Crippen LogP contribution >= 0.6 is 11.6 Å². The molecule has 9 heteroatoms. The molecule has 0 aromatic carbocycles. The Morgan fingerprint density at radius 3 is 2.84 bits per heavy atom. The molecule has 0 unspecified atom stereocenters. The molecule has 0 aliphatic carbocycles. The van der Waals surface area contributed by atoms with Crippen molar-refractivity contribution in [2.75, 3.05) is 32.0 Å². The highest BCUT2D eigenvalue weighted by Gasteiger charge is 2.37. The minimum Gasteiger partial charge on any atom is -0.477 e. The van der Waals surface area contributed by atoms with Crippen molar-refractivity contribution in [3.05, 3.63) is 22.8 Å². The van der Waals surface area contributed by atoms with E-state index >= 15 is 0 Å². The van der Waals surface area contributed by atoms with E-state index in [-0.39, 0.29) is 17.7 Å². The molecule has 3 heterocycles. The van der Waals surface area contributed by atoms with Crippen molar-refractivity contribution >= 4 is 27.5 Å². The molecular formula is C16H22ClN3O4S. The highest BCUT2D eigenvalue weighted by atomic mass is 35.5. The molecule has 2 aliphatic rings. The number of aromatic nitrogens is 1. The minimum absolute atomic E-state index is 0.142. The van der Waals surface area contributed by atoms with Crippen LogP contribution in [0.5, 0.6) is 5.88 Å². The summed E-state index contributed by atoms with van der Waals surface area (Å²) in [6, 6.07) is 1.41. The van der Waals surface area contributed by atoms with Gasteiger partial charge in [-0.1, -0.05) is 11.6 Å². The van der Waals surface area contributed by atoms with Crippen molar-refractivity contribution in [3.63, 3.8) is 0 Å². The SMILES string of the molecule is CCOc1ncc(C(=O)N2CCC[C@@H](N3CCCS3(=O)=O)C2)cc1Cl. The molecule has 0 saturated carbocycles. The molecule has 0 radical (unpaired) electrons. The summed E-state index contributed by atoms with van der Waals surface area (Å²) >= 11 is 6.12. The van der Waals surface area contributed by atoms with E-state index in [9.17, 15) is 13.2 Å². The average molecular weight is 388 g/mol. The molecule has 1 aromatic heterocycles. The Morgan fingerprint density at radius 2 is 2.20 bits per heavy atom. The van der Waals surface area contributed by atoms with Crippen molar-refractivity contribution in [1.29, 1.82) is 0 Å². The van der Waals surface area contributed by atoms with E-state index in [1.165, 1.54) is 6.20 Å². The Balaban J connectivity index is 1.73. The van der Waals surface area contributed by atoms with Gasteiger partial charge < -0.3 is 9.64 Å². The molecule has 1 amide bonds. The van der Waals surface area contributed by atoms with Crippen molar-refractivity contribution in [2.45, 2.75) is 32.2 Å². The van der Waals surface area contributed by atoms with Gasteiger partial charge in [-0.3, -0.25) is 4.79 Å². The van der Waals surface area contributed by atoms with E-state index in [1.54, 1.807) is 15.3 Å². The molecule has 1 atom stereocenters. The van der Waals surface area contributed by atoms with E-state index in [4.69, 9.17) is 16.3 Å². The van der Waals surface area contributed by atoms with Crippen LogP contribution in [0.1, 0.15) is 36.5 Å². The van der Waals surface area contributed by atoms with Crippen LogP contribution in [0, 0.1) is 0 Å². The number of likely N-dealkylation sites (tertiary alicyclic amines) is 1. The zero-order chi connectivity index (χ0) is 18.0. The Kier molecular flexibility index (Phi) is 5.50. The molecule has 2 aliphatic heterocycles. The third-order valence-corrected chi connectivity index (χ3v) is 6.84. The largest absolute Gasteiger partial charge is 0.477 e. The van der Waals surface area contributed by atoms with Crippen LogP contribution in [-0.4, -0.2) is 66.5 Å². The summed E-state index contributed by atoms with van der Waals surface area (Å²) in [4.78, 5) is 18.5. The first-order chi connectivity index (χ1) is 11.9. The highest BCUT2D eigenvalue weighted by molar-refractivity contribution is 7.89. The number of hydrogen-bond acceptors (Lipinski definition) is 5. The number of nitrogens with zero attached hydrogens (tertiary/aromatic N) is 3. The van der Waals surface area contributed by atoms with E-state index in [1.807, 2.05) is 6.92 Å². The summed E-state index contributed by atoms with van der Waals surface area (Å²) in [6.07, 6.45) is 3.67. The van der Waals surface area contributed by atoms with Crippen LogP contribution in [-0.2, 0) is 10.0 Å². The van der Waals surface area contributed by atoms with Gasteiger partial charge in [-0.25, -0.2) is 13.4 Å². The first-order valence-corrected chi connectivity index (χ1v) is 10.5. The molecule has 25 heavy (non-hydrogen) atoms. The second-order valence-corrected chi connectivity index (χ2v) is 8.72. The normalized spacial score (nSPS) is 23.6. The molecule has 3 rings (SSSR count). The summed E-state index contributed by atoms with van der Waals surface area (Å²) in [5.41, 5.74) is 0.387. The summed E-state index contributed by atoms with van der Waals surface area (Å²) in [7, 11) is -3.17. The van der Waals surface area contributed by atoms with Crippen LogP contribution < -0.4 is 4.74 Å². The van der Waals surface area contributed by atoms with E-state index in [0.717, 1.165) is 12.8 Å². The lowest BCUT2D eigenvalue weighted by atomic mass is 10.0. The predicted molar refractivity (Wildman–Crippen MR) is 94.5 cm³/mol. The van der Waals surface area contributed by atoms with Crippen molar-refractivity contribution in [3.8, 4) is 5.88 Å². The Morgan fingerprint density at radius 1 is 1.40 bits per heavy atom. The van der Waals surface area contributed by atoms with Crippen LogP contribution in [0.4, 0.5) is 0 Å². The quantitative estimate of drug-likeness (QED) is 0.786. The van der Waals surface area contributed by atoms with Crippen LogP contribution in [0.15, 0.2) is 12.3 Å². The Hall–Kier alpha value is -1.38. The van der Waals surface area contributed by atoms with E-state index < -0.39 is 10.0 Å². The number of sulfonamides is 1. The van der Waals surface area contributed by atoms with Gasteiger partial charge in [0.15, 0.2) is 0 Å². The number of carbonyl (C=O) groups is 1. The number of carbonyl (C=O) groups excluding carboxylic acids is 1. The topological polar surface area (TPSA) is 79.8 Å². The van der Waals surface area contributed by atoms with Gasteiger partial charge in [0.05, 0.1) is 17.9 Å². The monoisotopic (exact) mass is 387 g/mol. The first kappa shape index (κ1) is 18.4. The van der Waals surface area contributed by atoms with Gasteiger partial charge in [-0.2, -0.15) is 4.31 Å². The summed E-state index contributed by atoms with van der Waals surface area (Å²) in [5, 5.41) is 0.295. The molecule has 0 spiro atoms. The smallest absolute Gasteiger partial charge is 0.255 e. The van der Waals surface area contributed by atoms with Gasteiger partial charge in [-0.15, -0.1) is 0 Å². The minimum atomic E-state index is -3.17. The third kappa shape index (κ3) is 3.91. The van der Waals surface area contributed by atoms with Gasteiger partial charge in [0, 0.05) is 31.9 Å². The van der Waals surface area contributed by atoms with Gasteiger partial charge in [0.1, 0.15) is 5.02 Å². The van der Waals surface area contributed by atoms with Gasteiger partial charge in [0.25, 0.3) is 5.91 Å². The lowest BCUT2D eigenvalue weighted by molar-refractivity contribution is 0.0658. The highest BCUT2D eigenvalue weighted by Crippen LogP contribution is 2.26. The molecule has 1 aromatic rings. The zero-order valence-electron chi connectivity index (χ0n) is 14.1. The average Bonchev–Trinajstić information content (AvgIpc) is 2.95. The third-order valence-electron chi connectivity index (χ3n) is 4.56. The van der Waals surface area contributed by atoms with Gasteiger partial charge >= 0.3 is 0 Å². The molecule has 138 valence electrons. The fourth-order valence-corrected chi connectivity index (χ4v) is 5.39. The number of ether oxygens (including phenoxy) is 1. The van der Waals surface area contributed by atoms with E-state index in [0.29, 0.717) is 49.1 Å². The van der Waals surface area contributed by atoms with Crippen molar-refractivity contribution in [1.82, 2.24) is 14.2 Å². The second-order valence-electron chi connectivity index (χ2n) is 6.27. The number of piperidine rings is 1. The predicted octanol–water partition coefficient (Wildman–Crippen LogP) is 1.77. The first-order valence-electron chi connectivity index (χ1n) is 8.49. The van der Waals surface area contributed by atoms with E-state index in [2.05, 4.69) is 4.98 Å². The number of amides is 1. The number of hydrogen-bond donors (Lipinski definition) is 0.